The van der Waals surface area contributed by atoms with E-state index in [-0.39, 0.29) is 12.3 Å². The van der Waals surface area contributed by atoms with Crippen LogP contribution in [0.15, 0.2) is 30.6 Å². The average Bonchev–Trinajstić information content (AvgIpc) is 2.88. The van der Waals surface area contributed by atoms with Gasteiger partial charge in [-0.05, 0) is 25.0 Å². The van der Waals surface area contributed by atoms with Gasteiger partial charge in [-0.3, -0.25) is 14.8 Å². The van der Waals surface area contributed by atoms with Gasteiger partial charge < -0.3 is 5.11 Å². The zero-order valence-electron chi connectivity index (χ0n) is 10.3. The Bertz CT molecular complexity index is 550. The number of nitrogens with zero attached hydrogens (tertiary/aromatic N) is 4. The quantitative estimate of drug-likeness (QED) is 0.485. The van der Waals surface area contributed by atoms with Gasteiger partial charge in [0.05, 0.1) is 4.92 Å². The third kappa shape index (κ3) is 3.35. The Hall–Kier alpha value is -2.28. The minimum absolute atomic E-state index is 0.0473. The number of aliphatic hydroxyl groups is 1. The first-order chi connectivity index (χ1) is 9.20. The molecule has 19 heavy (non-hydrogen) atoms. The molecule has 100 valence electrons. The van der Waals surface area contributed by atoms with Crippen LogP contribution in [0.1, 0.15) is 12.8 Å². The number of nitro benzene ring substituents is 1. The summed E-state index contributed by atoms with van der Waals surface area (Å²) in [6, 6.07) is 6.13. The Morgan fingerprint density at radius 3 is 2.63 bits per heavy atom. The molecule has 2 aromatic rings. The van der Waals surface area contributed by atoms with Crippen LogP contribution in [0, 0.1) is 10.1 Å². The molecule has 0 unspecified atom stereocenters. The molecule has 0 fully saturated rings. The van der Waals surface area contributed by atoms with Crippen molar-refractivity contribution in [1.29, 1.82) is 0 Å². The monoisotopic (exact) mass is 262 g/mol. The van der Waals surface area contributed by atoms with Crippen molar-refractivity contribution in [2.75, 3.05) is 6.61 Å². The molecule has 1 N–H and O–H groups in total. The summed E-state index contributed by atoms with van der Waals surface area (Å²) in [4.78, 5) is 14.3. The van der Waals surface area contributed by atoms with Crippen molar-refractivity contribution in [3.05, 3.63) is 40.7 Å². The lowest BCUT2D eigenvalue weighted by Gasteiger charge is -1.98. The van der Waals surface area contributed by atoms with Crippen molar-refractivity contribution in [2.24, 2.45) is 0 Å². The summed E-state index contributed by atoms with van der Waals surface area (Å²) in [7, 11) is 0. The number of aryl methyl sites for hydroxylation is 1. The highest BCUT2D eigenvalue weighted by Crippen LogP contribution is 2.18. The van der Waals surface area contributed by atoms with Crippen molar-refractivity contribution >= 4 is 5.69 Å². The maximum Gasteiger partial charge on any atom is 0.269 e. The molecule has 0 atom stereocenters. The molecule has 7 nitrogen and oxygen atoms in total. The van der Waals surface area contributed by atoms with Crippen LogP contribution < -0.4 is 0 Å². The van der Waals surface area contributed by atoms with Crippen LogP contribution >= 0.6 is 0 Å². The fourth-order valence-electron chi connectivity index (χ4n) is 1.65. The zero-order chi connectivity index (χ0) is 13.7. The minimum atomic E-state index is -0.440. The van der Waals surface area contributed by atoms with Crippen molar-refractivity contribution < 1.29 is 10.0 Å². The normalized spacial score (nSPS) is 10.6. The summed E-state index contributed by atoms with van der Waals surface area (Å²) in [6.07, 6.45) is 3.18. The van der Waals surface area contributed by atoms with Gasteiger partial charge in [-0.1, -0.05) is 0 Å². The molecule has 0 aliphatic carbocycles. The number of rotatable bonds is 6. The third-order valence-electron chi connectivity index (χ3n) is 2.67. The Kier molecular flexibility index (Phi) is 4.19. The maximum atomic E-state index is 10.5. The highest BCUT2D eigenvalue weighted by molar-refractivity contribution is 5.56. The van der Waals surface area contributed by atoms with Crippen LogP contribution in [0.4, 0.5) is 5.69 Å². The van der Waals surface area contributed by atoms with Crippen LogP contribution in [-0.4, -0.2) is 31.4 Å². The lowest BCUT2D eigenvalue weighted by molar-refractivity contribution is -0.384. The van der Waals surface area contributed by atoms with Gasteiger partial charge in [-0.15, -0.1) is 0 Å². The molecule has 0 amide bonds. The highest BCUT2D eigenvalue weighted by atomic mass is 16.6. The number of hydrogen-bond acceptors (Lipinski definition) is 5. The van der Waals surface area contributed by atoms with Gasteiger partial charge in [0.25, 0.3) is 5.69 Å². The van der Waals surface area contributed by atoms with Crippen LogP contribution in [0.2, 0.25) is 0 Å². The molecule has 7 heteroatoms. The molecule has 1 aromatic carbocycles. The van der Waals surface area contributed by atoms with Crippen molar-refractivity contribution in [1.82, 2.24) is 14.8 Å². The van der Waals surface area contributed by atoms with E-state index in [9.17, 15) is 10.1 Å². The topological polar surface area (TPSA) is 94.1 Å². The van der Waals surface area contributed by atoms with Crippen LogP contribution in [0.5, 0.6) is 0 Å². The Balaban J connectivity index is 2.07. The van der Waals surface area contributed by atoms with Gasteiger partial charge >= 0.3 is 0 Å². The van der Waals surface area contributed by atoms with E-state index in [1.165, 1.54) is 12.1 Å². The van der Waals surface area contributed by atoms with Crippen molar-refractivity contribution in [3.8, 4) is 11.4 Å². The fourth-order valence-corrected chi connectivity index (χ4v) is 1.65. The van der Waals surface area contributed by atoms with Crippen molar-refractivity contribution in [2.45, 2.75) is 19.4 Å². The second kappa shape index (κ2) is 6.05. The predicted octanol–water partition coefficient (Wildman–Crippen LogP) is 1.63. The molecule has 0 aliphatic rings. The molecule has 1 aromatic heterocycles. The Labute approximate surface area is 109 Å². The van der Waals surface area contributed by atoms with E-state index in [4.69, 9.17) is 5.11 Å². The molecule has 0 saturated heterocycles. The summed E-state index contributed by atoms with van der Waals surface area (Å²) < 4.78 is 1.70. The van der Waals surface area contributed by atoms with E-state index in [1.54, 1.807) is 23.1 Å². The zero-order valence-corrected chi connectivity index (χ0v) is 10.3. The number of aromatic nitrogens is 3. The van der Waals surface area contributed by atoms with Crippen molar-refractivity contribution in [3.63, 3.8) is 0 Å². The highest BCUT2D eigenvalue weighted by Gasteiger charge is 2.08. The average molecular weight is 262 g/mol. The van der Waals surface area contributed by atoms with Gasteiger partial charge in [-0.2, -0.15) is 5.10 Å². The molecular formula is C12H14N4O3. The molecule has 1 heterocycles. The number of non-ortho nitro benzene ring substituents is 1. The fraction of sp³-hybridized carbons (Fsp3) is 0.333. The lowest BCUT2D eigenvalue weighted by atomic mass is 10.2. The van der Waals surface area contributed by atoms with Gasteiger partial charge in [0.1, 0.15) is 6.33 Å². The predicted molar refractivity (Wildman–Crippen MR) is 68.4 cm³/mol. The second-order valence-electron chi connectivity index (χ2n) is 4.07. The molecule has 0 saturated carbocycles. The number of aliphatic hydroxyl groups excluding tert-OH is 1. The van der Waals surface area contributed by atoms with E-state index < -0.39 is 4.92 Å². The molecule has 0 radical (unpaired) electrons. The van der Waals surface area contributed by atoms with E-state index in [1.807, 2.05) is 0 Å². The maximum absolute atomic E-state index is 10.5. The van der Waals surface area contributed by atoms with E-state index in [2.05, 4.69) is 10.1 Å². The molecule has 2 rings (SSSR count). The van der Waals surface area contributed by atoms with Gasteiger partial charge in [0.2, 0.25) is 0 Å². The first-order valence-electron chi connectivity index (χ1n) is 5.96. The summed E-state index contributed by atoms with van der Waals surface area (Å²) in [6.45, 7) is 0.866. The summed E-state index contributed by atoms with van der Waals surface area (Å²) in [5.41, 5.74) is 0.789. The molecule has 0 aliphatic heterocycles. The van der Waals surface area contributed by atoms with Crippen LogP contribution in [-0.2, 0) is 6.54 Å². The Morgan fingerprint density at radius 1 is 1.26 bits per heavy atom. The van der Waals surface area contributed by atoms with Gasteiger partial charge in [0.15, 0.2) is 5.82 Å². The SMILES string of the molecule is O=[N+]([O-])c1ccc(-c2ncn(CCCCO)n2)cc1. The molecular weight excluding hydrogens is 248 g/mol. The smallest absolute Gasteiger partial charge is 0.269 e. The summed E-state index contributed by atoms with van der Waals surface area (Å²) in [5.74, 6) is 0.541. The second-order valence-corrected chi connectivity index (χ2v) is 4.07. The summed E-state index contributed by atoms with van der Waals surface area (Å²) in [5, 5.41) is 23.5. The number of benzene rings is 1. The lowest BCUT2D eigenvalue weighted by Crippen LogP contribution is -1.99. The minimum Gasteiger partial charge on any atom is -0.396 e. The summed E-state index contributed by atoms with van der Waals surface area (Å²) >= 11 is 0. The van der Waals surface area contributed by atoms with Gasteiger partial charge in [0, 0.05) is 30.8 Å². The van der Waals surface area contributed by atoms with E-state index in [0.29, 0.717) is 12.4 Å². The first-order valence-corrected chi connectivity index (χ1v) is 5.96. The Morgan fingerprint density at radius 2 is 2.00 bits per heavy atom. The van der Waals surface area contributed by atoms with E-state index in [0.717, 1.165) is 18.4 Å². The van der Waals surface area contributed by atoms with Crippen LogP contribution in [0.25, 0.3) is 11.4 Å². The standard InChI is InChI=1S/C12H14N4O3/c17-8-2-1-7-15-9-13-12(14-15)10-3-5-11(6-4-10)16(18)19/h3-6,9,17H,1-2,7-8H2. The molecule has 0 bridgehead atoms. The van der Waals surface area contributed by atoms with Crippen LogP contribution in [0.3, 0.4) is 0 Å². The van der Waals surface area contributed by atoms with Gasteiger partial charge in [-0.25, -0.2) is 4.98 Å². The third-order valence-corrected chi connectivity index (χ3v) is 2.67. The van der Waals surface area contributed by atoms with E-state index >= 15 is 0 Å². The number of hydrogen-bond donors (Lipinski definition) is 1. The number of unbranched alkanes of at least 4 members (excludes halogenated alkanes) is 1. The largest absolute Gasteiger partial charge is 0.396 e. The number of nitro groups is 1. The first kappa shape index (κ1) is 13.2. The molecule has 0 spiro atoms.